The van der Waals surface area contributed by atoms with Gasteiger partial charge < -0.3 is 4.29 Å². The first-order chi connectivity index (χ1) is 9.60. The summed E-state index contributed by atoms with van der Waals surface area (Å²) in [5.41, 5.74) is 2.31. The molecule has 0 saturated heterocycles. The zero-order valence-electron chi connectivity index (χ0n) is 10.1. The Labute approximate surface area is 131 Å². The smallest absolute Gasteiger partial charge is 0.344 e. The van der Waals surface area contributed by atoms with Crippen LogP contribution in [0.15, 0.2) is 54.6 Å². The number of halogens is 3. The molecule has 0 aliphatic carbocycles. The molecule has 0 fully saturated rings. The summed E-state index contributed by atoms with van der Waals surface area (Å²) in [6, 6.07) is 14.2. The molecule has 0 spiro atoms. The fraction of sp³-hybridized carbons (Fsp3) is 0. The molecule has 0 saturated carbocycles. The molecule has 0 aliphatic rings. The Morgan fingerprint density at radius 1 is 0.850 bits per heavy atom. The zero-order valence-corrected chi connectivity index (χ0v) is 12.4. The van der Waals surface area contributed by atoms with Crippen molar-refractivity contribution >= 4 is 46.6 Å². The van der Waals surface area contributed by atoms with Crippen molar-refractivity contribution in [1.29, 1.82) is 0 Å². The van der Waals surface area contributed by atoms with Crippen molar-refractivity contribution < 1.29 is 9.08 Å². The van der Waals surface area contributed by atoms with Gasteiger partial charge in [0.05, 0.1) is 0 Å². The molecule has 0 unspecified atom stereocenters. The van der Waals surface area contributed by atoms with Crippen LogP contribution in [0.1, 0.15) is 11.1 Å². The van der Waals surface area contributed by atoms with Gasteiger partial charge in [0.15, 0.2) is 0 Å². The van der Waals surface area contributed by atoms with Gasteiger partial charge in [-0.2, -0.15) is 0 Å². The van der Waals surface area contributed by atoms with Crippen molar-refractivity contribution in [2.75, 3.05) is 0 Å². The monoisotopic (exact) mass is 326 g/mol. The Morgan fingerprint density at radius 2 is 1.25 bits per heavy atom. The minimum absolute atomic E-state index is 0.615. The molecule has 102 valence electrons. The van der Waals surface area contributed by atoms with Crippen molar-refractivity contribution in [3.05, 3.63) is 75.8 Å². The third-order valence-corrected chi connectivity index (χ3v) is 3.30. The van der Waals surface area contributed by atoms with Crippen LogP contribution in [0.2, 0.25) is 10.0 Å². The first kappa shape index (κ1) is 14.9. The average Bonchev–Trinajstić information content (AvgIpc) is 2.46. The summed E-state index contributed by atoms with van der Waals surface area (Å²) in [5.74, 6) is -0.647. The van der Waals surface area contributed by atoms with E-state index in [0.29, 0.717) is 15.6 Å². The van der Waals surface area contributed by atoms with Gasteiger partial charge in [0.25, 0.3) is 0 Å². The van der Waals surface area contributed by atoms with Gasteiger partial charge in [0, 0.05) is 16.1 Å². The van der Waals surface area contributed by atoms with Crippen LogP contribution in [0, 0.1) is 0 Å². The number of rotatable bonds is 3. The summed E-state index contributed by atoms with van der Waals surface area (Å²) in [5, 5.41) is 1.23. The largest absolute Gasteiger partial charge is 0.349 e. The van der Waals surface area contributed by atoms with Crippen molar-refractivity contribution in [1.82, 2.24) is 0 Å². The van der Waals surface area contributed by atoms with Crippen LogP contribution in [0.5, 0.6) is 0 Å². The van der Waals surface area contributed by atoms with Crippen LogP contribution in [0.4, 0.5) is 0 Å². The molecule has 0 amide bonds. The van der Waals surface area contributed by atoms with Crippen LogP contribution < -0.4 is 0 Å². The van der Waals surface area contributed by atoms with Crippen molar-refractivity contribution in [3.63, 3.8) is 0 Å². The summed E-state index contributed by atoms with van der Waals surface area (Å²) in [7, 11) is 0. The molecule has 0 bridgehead atoms. The maximum Gasteiger partial charge on any atom is 0.349 e. The van der Waals surface area contributed by atoms with Crippen LogP contribution in [0.25, 0.3) is 5.57 Å². The van der Waals surface area contributed by atoms with Gasteiger partial charge in [-0.05, 0) is 41.0 Å². The lowest BCUT2D eigenvalue weighted by Gasteiger charge is -2.08. The average molecular weight is 328 g/mol. The predicted octanol–water partition coefficient (Wildman–Crippen LogP) is 5.12. The Morgan fingerprint density at radius 3 is 1.60 bits per heavy atom. The molecule has 2 nitrogen and oxygen atoms in total. The van der Waals surface area contributed by atoms with E-state index in [1.54, 1.807) is 24.3 Å². The Kier molecular flexibility index (Phi) is 5.07. The normalized spacial score (nSPS) is 9.95. The van der Waals surface area contributed by atoms with E-state index in [1.807, 2.05) is 24.3 Å². The van der Waals surface area contributed by atoms with Crippen molar-refractivity contribution in [2.45, 2.75) is 0 Å². The third-order valence-electron chi connectivity index (χ3n) is 2.65. The van der Waals surface area contributed by atoms with Gasteiger partial charge in [0.2, 0.25) is 0 Å². The summed E-state index contributed by atoms with van der Waals surface area (Å²) < 4.78 is 4.18. The SMILES string of the molecule is O=C(C=C(c1ccc(Cl)cc1)c1ccc(Cl)cc1)OCl. The molecule has 2 aromatic rings. The molecule has 2 aromatic carbocycles. The number of benzene rings is 2. The van der Waals surface area contributed by atoms with E-state index < -0.39 is 5.97 Å². The van der Waals surface area contributed by atoms with E-state index in [9.17, 15) is 4.79 Å². The summed E-state index contributed by atoms with van der Waals surface area (Å²) in [6.45, 7) is 0. The van der Waals surface area contributed by atoms with Crippen LogP contribution >= 0.6 is 35.1 Å². The highest BCUT2D eigenvalue weighted by Crippen LogP contribution is 2.26. The standard InChI is InChI=1S/C15H9Cl3O2/c16-12-5-1-10(2-6-12)14(9-15(19)20-18)11-3-7-13(17)8-4-11/h1-9H. The molecule has 0 N–H and O–H groups in total. The lowest BCUT2D eigenvalue weighted by atomic mass is 9.98. The molecule has 2 rings (SSSR count). The molecule has 0 heterocycles. The van der Waals surface area contributed by atoms with E-state index in [1.165, 1.54) is 6.08 Å². The van der Waals surface area contributed by atoms with Crippen LogP contribution in [-0.4, -0.2) is 5.97 Å². The van der Waals surface area contributed by atoms with Gasteiger partial charge in [-0.15, -0.1) is 0 Å². The Hall–Kier alpha value is -1.48. The molecule has 5 heteroatoms. The van der Waals surface area contributed by atoms with Crippen LogP contribution in [0.3, 0.4) is 0 Å². The van der Waals surface area contributed by atoms with E-state index in [-0.39, 0.29) is 0 Å². The fourth-order valence-electron chi connectivity index (χ4n) is 1.73. The van der Waals surface area contributed by atoms with E-state index >= 15 is 0 Å². The van der Waals surface area contributed by atoms with Gasteiger partial charge in [0.1, 0.15) is 11.9 Å². The molecule has 20 heavy (non-hydrogen) atoms. The topological polar surface area (TPSA) is 26.3 Å². The minimum atomic E-state index is -0.647. The molecular formula is C15H9Cl3O2. The predicted molar refractivity (Wildman–Crippen MR) is 81.9 cm³/mol. The maximum absolute atomic E-state index is 11.4. The molecule has 0 radical (unpaired) electrons. The molecular weight excluding hydrogens is 319 g/mol. The molecule has 0 atom stereocenters. The summed E-state index contributed by atoms with van der Waals surface area (Å²) in [6.07, 6.45) is 1.32. The minimum Gasteiger partial charge on any atom is -0.344 e. The lowest BCUT2D eigenvalue weighted by molar-refractivity contribution is -0.128. The zero-order chi connectivity index (χ0) is 14.5. The number of carbonyl (C=O) groups is 1. The highest BCUT2D eigenvalue weighted by molar-refractivity contribution is 6.31. The first-order valence-corrected chi connectivity index (χ1v) is 6.73. The highest BCUT2D eigenvalue weighted by Gasteiger charge is 2.09. The Balaban J connectivity index is 2.50. The lowest BCUT2D eigenvalue weighted by Crippen LogP contribution is -1.96. The second-order valence-corrected chi connectivity index (χ2v) is 5.00. The second kappa shape index (κ2) is 6.80. The number of carbonyl (C=O) groups excluding carboxylic acids is 1. The number of hydrogen-bond acceptors (Lipinski definition) is 2. The van der Waals surface area contributed by atoms with Crippen molar-refractivity contribution in [2.24, 2.45) is 0 Å². The van der Waals surface area contributed by atoms with Crippen molar-refractivity contribution in [3.8, 4) is 0 Å². The highest BCUT2D eigenvalue weighted by atomic mass is 35.5. The number of hydrogen-bond donors (Lipinski definition) is 0. The quantitative estimate of drug-likeness (QED) is 0.731. The van der Waals surface area contributed by atoms with E-state index in [4.69, 9.17) is 35.1 Å². The summed E-state index contributed by atoms with van der Waals surface area (Å²) in [4.78, 5) is 11.4. The third kappa shape index (κ3) is 3.76. The first-order valence-electron chi connectivity index (χ1n) is 5.66. The summed E-state index contributed by atoms with van der Waals surface area (Å²) >= 11 is 16.8. The van der Waals surface area contributed by atoms with E-state index in [2.05, 4.69) is 4.29 Å². The van der Waals surface area contributed by atoms with Gasteiger partial charge in [-0.1, -0.05) is 47.5 Å². The molecule has 0 aromatic heterocycles. The van der Waals surface area contributed by atoms with Gasteiger partial charge in [-0.25, -0.2) is 4.79 Å². The second-order valence-electron chi connectivity index (χ2n) is 3.97. The maximum atomic E-state index is 11.4. The van der Waals surface area contributed by atoms with E-state index in [0.717, 1.165) is 11.1 Å². The van der Waals surface area contributed by atoms with Gasteiger partial charge >= 0.3 is 5.97 Å². The Bertz CT molecular complexity index is 584. The van der Waals surface area contributed by atoms with Crippen LogP contribution in [-0.2, 0) is 9.08 Å². The fourth-order valence-corrected chi connectivity index (χ4v) is 2.03. The van der Waals surface area contributed by atoms with Gasteiger partial charge in [-0.3, -0.25) is 0 Å². The molecule has 0 aliphatic heterocycles.